The van der Waals surface area contributed by atoms with Gasteiger partial charge in [0.2, 0.25) is 0 Å². The van der Waals surface area contributed by atoms with Crippen molar-refractivity contribution < 1.29 is 0 Å². The molecule has 0 radical (unpaired) electrons. The van der Waals surface area contributed by atoms with Crippen LogP contribution in [0.4, 0.5) is 0 Å². The summed E-state index contributed by atoms with van der Waals surface area (Å²) >= 11 is 12.8. The van der Waals surface area contributed by atoms with E-state index in [0.717, 1.165) is 31.7 Å². The lowest BCUT2D eigenvalue weighted by Crippen LogP contribution is -2.48. The molecule has 1 atom stereocenters. The Morgan fingerprint density at radius 3 is 2.32 bits per heavy atom. The first-order valence-corrected chi connectivity index (χ1v) is 7.76. The highest BCUT2D eigenvalue weighted by atomic mass is 35.5. The Labute approximate surface area is 124 Å². The van der Waals surface area contributed by atoms with E-state index >= 15 is 0 Å². The minimum absolute atomic E-state index is 0.360. The summed E-state index contributed by atoms with van der Waals surface area (Å²) in [6.07, 6.45) is 7.33. The van der Waals surface area contributed by atoms with E-state index < -0.39 is 0 Å². The number of piperazine rings is 1. The second kappa shape index (κ2) is 5.96. The van der Waals surface area contributed by atoms with Gasteiger partial charge in [0.05, 0.1) is 10.0 Å². The second-order valence-corrected chi connectivity index (χ2v) is 6.25. The van der Waals surface area contributed by atoms with Gasteiger partial charge in [-0.05, 0) is 18.8 Å². The predicted octanol–water partition coefficient (Wildman–Crippen LogP) is 3.13. The molecule has 3 nitrogen and oxygen atoms in total. The molecule has 1 aromatic heterocycles. The number of pyridine rings is 1. The number of nitrogens with one attached hydrogen (secondary N) is 1. The Kier molecular flexibility index (Phi) is 4.27. The summed E-state index contributed by atoms with van der Waals surface area (Å²) < 4.78 is 0. The molecule has 1 saturated heterocycles. The molecule has 1 aliphatic carbocycles. The third kappa shape index (κ3) is 2.75. The molecule has 2 fully saturated rings. The van der Waals surface area contributed by atoms with Gasteiger partial charge >= 0.3 is 0 Å². The molecule has 0 aromatic carbocycles. The average Bonchev–Trinajstić information content (AvgIpc) is 2.36. The molecule has 0 spiro atoms. The molecular formula is C14H19Cl2N3. The number of hydrogen-bond acceptors (Lipinski definition) is 3. The lowest BCUT2D eigenvalue weighted by Gasteiger charge is -2.43. The van der Waals surface area contributed by atoms with Crippen LogP contribution in [0.3, 0.4) is 0 Å². The molecule has 104 valence electrons. The van der Waals surface area contributed by atoms with Crippen molar-refractivity contribution in [2.45, 2.75) is 25.3 Å². The minimum atomic E-state index is 0.360. The Hall–Kier alpha value is -0.350. The highest BCUT2D eigenvalue weighted by molar-refractivity contribution is 6.35. The number of rotatable bonds is 3. The van der Waals surface area contributed by atoms with E-state index in [1.165, 1.54) is 19.3 Å². The number of aromatic nitrogens is 1. The maximum absolute atomic E-state index is 6.38. The van der Waals surface area contributed by atoms with E-state index in [-0.39, 0.29) is 0 Å². The molecule has 2 aliphatic rings. The summed E-state index contributed by atoms with van der Waals surface area (Å²) in [5.74, 6) is 0.690. The van der Waals surface area contributed by atoms with Gasteiger partial charge in [-0.25, -0.2) is 0 Å². The SMILES string of the molecule is Clc1cncc(Cl)c1[C@H](C1CCC1)N1CCNCC1. The number of nitrogens with zero attached hydrogens (tertiary/aromatic N) is 2. The van der Waals surface area contributed by atoms with Crippen molar-refractivity contribution in [2.75, 3.05) is 26.2 Å². The van der Waals surface area contributed by atoms with Crippen LogP contribution >= 0.6 is 23.2 Å². The zero-order chi connectivity index (χ0) is 13.2. The summed E-state index contributed by atoms with van der Waals surface area (Å²) in [6, 6.07) is 0.360. The van der Waals surface area contributed by atoms with Gasteiger partial charge in [-0.2, -0.15) is 0 Å². The smallest absolute Gasteiger partial charge is 0.0652 e. The molecular weight excluding hydrogens is 281 g/mol. The molecule has 0 bridgehead atoms. The van der Waals surface area contributed by atoms with E-state index in [4.69, 9.17) is 23.2 Å². The van der Waals surface area contributed by atoms with E-state index in [9.17, 15) is 0 Å². The monoisotopic (exact) mass is 299 g/mol. The van der Waals surface area contributed by atoms with Gasteiger partial charge in [-0.1, -0.05) is 29.6 Å². The molecule has 3 rings (SSSR count). The van der Waals surface area contributed by atoms with Gasteiger partial charge < -0.3 is 5.32 Å². The van der Waals surface area contributed by atoms with E-state index in [1.54, 1.807) is 12.4 Å². The van der Waals surface area contributed by atoms with Gasteiger partial charge in [0.15, 0.2) is 0 Å². The fourth-order valence-corrected chi connectivity index (χ4v) is 3.72. The molecule has 19 heavy (non-hydrogen) atoms. The van der Waals surface area contributed by atoms with Gasteiger partial charge in [-0.3, -0.25) is 9.88 Å². The van der Waals surface area contributed by atoms with Crippen molar-refractivity contribution >= 4 is 23.2 Å². The van der Waals surface area contributed by atoms with Crippen molar-refractivity contribution in [3.63, 3.8) is 0 Å². The third-order valence-electron chi connectivity index (χ3n) is 4.33. The third-order valence-corrected chi connectivity index (χ3v) is 4.93. The lowest BCUT2D eigenvalue weighted by atomic mass is 9.76. The van der Waals surface area contributed by atoms with Gasteiger partial charge in [-0.15, -0.1) is 0 Å². The van der Waals surface area contributed by atoms with Crippen molar-refractivity contribution in [3.05, 3.63) is 28.0 Å². The van der Waals surface area contributed by atoms with Crippen molar-refractivity contribution in [3.8, 4) is 0 Å². The van der Waals surface area contributed by atoms with Crippen LogP contribution in [0.5, 0.6) is 0 Å². The fourth-order valence-electron chi connectivity index (χ4n) is 3.14. The van der Waals surface area contributed by atoms with Crippen LogP contribution in [-0.2, 0) is 0 Å². The molecule has 2 heterocycles. The Morgan fingerprint density at radius 1 is 1.16 bits per heavy atom. The summed E-state index contributed by atoms with van der Waals surface area (Å²) in [7, 11) is 0. The molecule has 0 unspecified atom stereocenters. The van der Waals surface area contributed by atoms with Crippen LogP contribution in [0, 0.1) is 5.92 Å². The first-order chi connectivity index (χ1) is 9.27. The Balaban J connectivity index is 1.93. The predicted molar refractivity (Wildman–Crippen MR) is 78.8 cm³/mol. The molecule has 1 saturated carbocycles. The van der Waals surface area contributed by atoms with Crippen LogP contribution in [0.2, 0.25) is 10.0 Å². The quantitative estimate of drug-likeness (QED) is 0.929. The van der Waals surface area contributed by atoms with Crippen molar-refractivity contribution in [1.29, 1.82) is 0 Å². The number of halogens is 2. The molecule has 1 N–H and O–H groups in total. The lowest BCUT2D eigenvalue weighted by molar-refractivity contribution is 0.0838. The summed E-state index contributed by atoms with van der Waals surface area (Å²) in [5.41, 5.74) is 1.09. The van der Waals surface area contributed by atoms with E-state index in [1.807, 2.05) is 0 Å². The summed E-state index contributed by atoms with van der Waals surface area (Å²) in [4.78, 5) is 6.62. The maximum atomic E-state index is 6.38. The maximum Gasteiger partial charge on any atom is 0.0652 e. The fraction of sp³-hybridized carbons (Fsp3) is 0.643. The largest absolute Gasteiger partial charge is 0.314 e. The number of hydrogen-bond donors (Lipinski definition) is 1. The topological polar surface area (TPSA) is 28.2 Å². The molecule has 1 aliphatic heterocycles. The minimum Gasteiger partial charge on any atom is -0.314 e. The van der Waals surface area contributed by atoms with E-state index in [0.29, 0.717) is 22.0 Å². The normalized spacial score (nSPS) is 23.1. The highest BCUT2D eigenvalue weighted by Gasteiger charge is 2.35. The molecule has 1 aromatic rings. The standard InChI is InChI=1S/C14H19Cl2N3/c15-11-8-18-9-12(16)13(11)14(10-2-1-3-10)19-6-4-17-5-7-19/h8-10,14,17H,1-7H2/t14-/m0/s1. The molecule has 0 amide bonds. The van der Waals surface area contributed by atoms with Gasteiger partial charge in [0.1, 0.15) is 0 Å². The Morgan fingerprint density at radius 2 is 1.79 bits per heavy atom. The Bertz CT molecular complexity index is 422. The van der Waals surface area contributed by atoms with Crippen molar-refractivity contribution in [2.24, 2.45) is 5.92 Å². The van der Waals surface area contributed by atoms with E-state index in [2.05, 4.69) is 15.2 Å². The van der Waals surface area contributed by atoms with Crippen LogP contribution in [0.1, 0.15) is 30.9 Å². The second-order valence-electron chi connectivity index (χ2n) is 5.44. The highest BCUT2D eigenvalue weighted by Crippen LogP contribution is 2.45. The van der Waals surface area contributed by atoms with Gasteiger partial charge in [0.25, 0.3) is 0 Å². The van der Waals surface area contributed by atoms with Crippen LogP contribution in [0.25, 0.3) is 0 Å². The van der Waals surface area contributed by atoms with Crippen LogP contribution < -0.4 is 5.32 Å². The van der Waals surface area contributed by atoms with Crippen molar-refractivity contribution in [1.82, 2.24) is 15.2 Å². The van der Waals surface area contributed by atoms with Crippen LogP contribution in [0.15, 0.2) is 12.4 Å². The zero-order valence-electron chi connectivity index (χ0n) is 10.9. The van der Waals surface area contributed by atoms with Gasteiger partial charge in [0, 0.05) is 50.2 Å². The summed E-state index contributed by atoms with van der Waals surface area (Å²) in [5, 5.41) is 4.83. The first-order valence-electron chi connectivity index (χ1n) is 7.01. The average molecular weight is 300 g/mol. The first kappa shape index (κ1) is 13.6. The summed E-state index contributed by atoms with van der Waals surface area (Å²) in [6.45, 7) is 4.22. The molecule has 5 heteroatoms. The zero-order valence-corrected chi connectivity index (χ0v) is 12.4. The van der Waals surface area contributed by atoms with Crippen LogP contribution in [-0.4, -0.2) is 36.1 Å².